The smallest absolute Gasteiger partial charge is 0.120 e. The van der Waals surface area contributed by atoms with E-state index in [1.165, 1.54) is 0 Å². The molecule has 0 aliphatic heterocycles. The summed E-state index contributed by atoms with van der Waals surface area (Å²) in [7, 11) is 0. The Morgan fingerprint density at radius 1 is 1.25 bits per heavy atom. The summed E-state index contributed by atoms with van der Waals surface area (Å²) < 4.78 is 5.56. The van der Waals surface area contributed by atoms with Gasteiger partial charge in [-0.05, 0) is 35.7 Å². The predicted molar refractivity (Wildman–Crippen MR) is 64.6 cm³/mol. The molecule has 3 nitrogen and oxygen atoms in total. The third kappa shape index (κ3) is 2.74. The summed E-state index contributed by atoms with van der Waals surface area (Å²) in [5, 5.41) is 11.2. The molecular formula is C12H13NO2S. The van der Waals surface area contributed by atoms with Crippen molar-refractivity contribution >= 4 is 11.3 Å². The van der Waals surface area contributed by atoms with Gasteiger partial charge in [0.05, 0.1) is 0 Å². The van der Waals surface area contributed by atoms with Crippen LogP contribution in [0, 0.1) is 0 Å². The minimum absolute atomic E-state index is 0.244. The van der Waals surface area contributed by atoms with Crippen molar-refractivity contribution in [2.75, 3.05) is 0 Å². The molecular weight excluding hydrogens is 222 g/mol. The maximum Gasteiger partial charge on any atom is 0.120 e. The fourth-order valence-corrected chi connectivity index (χ4v) is 2.07. The number of hydrogen-bond acceptors (Lipinski definition) is 4. The van der Waals surface area contributed by atoms with Gasteiger partial charge in [-0.2, -0.15) is 0 Å². The monoisotopic (exact) mass is 235 g/mol. The summed E-state index contributed by atoms with van der Waals surface area (Å²) in [4.78, 5) is 1.16. The van der Waals surface area contributed by atoms with Crippen molar-refractivity contribution in [3.05, 3.63) is 46.2 Å². The second-order valence-electron chi connectivity index (χ2n) is 3.41. The molecule has 1 aromatic carbocycles. The van der Waals surface area contributed by atoms with Gasteiger partial charge in [0.2, 0.25) is 0 Å². The lowest BCUT2D eigenvalue weighted by atomic mass is 10.3. The molecule has 2 aromatic rings. The minimum Gasteiger partial charge on any atom is -0.508 e. The molecule has 3 N–H and O–H groups in total. The van der Waals surface area contributed by atoms with Gasteiger partial charge in [-0.3, -0.25) is 0 Å². The van der Waals surface area contributed by atoms with Crippen LogP contribution in [0.2, 0.25) is 0 Å². The second kappa shape index (κ2) is 5.01. The molecule has 0 unspecified atom stereocenters. The van der Waals surface area contributed by atoms with E-state index in [2.05, 4.69) is 0 Å². The summed E-state index contributed by atoms with van der Waals surface area (Å²) in [6, 6.07) is 8.74. The van der Waals surface area contributed by atoms with E-state index in [1.54, 1.807) is 35.6 Å². The average Bonchev–Trinajstić information content (AvgIpc) is 2.76. The largest absolute Gasteiger partial charge is 0.508 e. The molecule has 0 spiro atoms. The van der Waals surface area contributed by atoms with Gasteiger partial charge in [0.25, 0.3) is 0 Å². The predicted octanol–water partition coefficient (Wildman–Crippen LogP) is 2.49. The Balaban J connectivity index is 1.94. The van der Waals surface area contributed by atoms with E-state index in [0.29, 0.717) is 13.2 Å². The van der Waals surface area contributed by atoms with E-state index in [4.69, 9.17) is 15.6 Å². The van der Waals surface area contributed by atoms with Gasteiger partial charge in [-0.25, -0.2) is 0 Å². The van der Waals surface area contributed by atoms with Crippen molar-refractivity contribution in [2.45, 2.75) is 13.2 Å². The molecule has 0 atom stereocenters. The molecule has 0 saturated heterocycles. The Kier molecular flexibility index (Phi) is 3.44. The quantitative estimate of drug-likeness (QED) is 0.856. The van der Waals surface area contributed by atoms with E-state index in [0.717, 1.165) is 16.2 Å². The highest BCUT2D eigenvalue weighted by Gasteiger charge is 1.99. The van der Waals surface area contributed by atoms with Crippen molar-refractivity contribution in [1.82, 2.24) is 0 Å². The van der Waals surface area contributed by atoms with Gasteiger partial charge in [-0.1, -0.05) is 0 Å². The molecule has 2 rings (SSSR count). The Morgan fingerprint density at radius 2 is 2.00 bits per heavy atom. The number of thiophene rings is 1. The first-order valence-electron chi connectivity index (χ1n) is 4.96. The molecule has 0 aliphatic carbocycles. The molecule has 0 bridgehead atoms. The zero-order valence-electron chi connectivity index (χ0n) is 8.72. The van der Waals surface area contributed by atoms with E-state index >= 15 is 0 Å². The number of phenolic OH excluding ortho intramolecular Hbond substituents is 1. The van der Waals surface area contributed by atoms with Crippen molar-refractivity contribution in [3.63, 3.8) is 0 Å². The van der Waals surface area contributed by atoms with Crippen molar-refractivity contribution in [1.29, 1.82) is 0 Å². The average molecular weight is 235 g/mol. The fraction of sp³-hybridized carbons (Fsp3) is 0.167. The standard InChI is InChI=1S/C12H13NO2S/c13-6-12-5-9(8-16-12)7-15-11-3-1-10(14)2-4-11/h1-5,8,14H,6-7,13H2. The molecule has 1 aromatic heterocycles. The third-order valence-electron chi connectivity index (χ3n) is 2.15. The van der Waals surface area contributed by atoms with Gasteiger partial charge in [0, 0.05) is 17.0 Å². The lowest BCUT2D eigenvalue weighted by Gasteiger charge is -2.04. The van der Waals surface area contributed by atoms with E-state index in [-0.39, 0.29) is 5.75 Å². The first-order chi connectivity index (χ1) is 7.78. The molecule has 84 valence electrons. The third-order valence-corrected chi connectivity index (χ3v) is 3.16. The number of benzene rings is 1. The summed E-state index contributed by atoms with van der Waals surface area (Å²) in [5.41, 5.74) is 6.65. The van der Waals surface area contributed by atoms with Gasteiger partial charge in [0.1, 0.15) is 18.1 Å². The van der Waals surface area contributed by atoms with Crippen LogP contribution in [-0.2, 0) is 13.2 Å². The number of hydrogen-bond donors (Lipinski definition) is 2. The molecule has 0 amide bonds. The number of ether oxygens (including phenoxy) is 1. The van der Waals surface area contributed by atoms with Crippen LogP contribution in [0.3, 0.4) is 0 Å². The Hall–Kier alpha value is -1.52. The summed E-state index contributed by atoms with van der Waals surface area (Å²) in [6.45, 7) is 1.10. The van der Waals surface area contributed by atoms with Crippen LogP contribution >= 0.6 is 11.3 Å². The maximum absolute atomic E-state index is 9.11. The van der Waals surface area contributed by atoms with E-state index < -0.39 is 0 Å². The lowest BCUT2D eigenvalue weighted by molar-refractivity contribution is 0.306. The molecule has 0 saturated carbocycles. The van der Waals surface area contributed by atoms with Gasteiger partial charge in [0.15, 0.2) is 0 Å². The fourth-order valence-electron chi connectivity index (χ4n) is 1.32. The van der Waals surface area contributed by atoms with E-state index in [9.17, 15) is 0 Å². The normalized spacial score (nSPS) is 10.3. The number of aromatic hydroxyl groups is 1. The minimum atomic E-state index is 0.244. The van der Waals surface area contributed by atoms with Crippen LogP contribution in [0.25, 0.3) is 0 Å². The zero-order chi connectivity index (χ0) is 11.4. The molecule has 16 heavy (non-hydrogen) atoms. The zero-order valence-corrected chi connectivity index (χ0v) is 9.54. The van der Waals surface area contributed by atoms with Crippen molar-refractivity contribution < 1.29 is 9.84 Å². The number of rotatable bonds is 4. The molecule has 0 radical (unpaired) electrons. The van der Waals surface area contributed by atoms with Crippen LogP contribution in [0.1, 0.15) is 10.4 Å². The van der Waals surface area contributed by atoms with Gasteiger partial charge in [-0.15, -0.1) is 11.3 Å². The van der Waals surface area contributed by atoms with Crippen LogP contribution in [-0.4, -0.2) is 5.11 Å². The van der Waals surface area contributed by atoms with Crippen molar-refractivity contribution in [3.8, 4) is 11.5 Å². The first-order valence-corrected chi connectivity index (χ1v) is 5.84. The molecule has 0 fully saturated rings. The van der Waals surface area contributed by atoms with Crippen LogP contribution in [0.15, 0.2) is 35.7 Å². The Morgan fingerprint density at radius 3 is 2.62 bits per heavy atom. The maximum atomic E-state index is 9.11. The SMILES string of the molecule is NCc1cc(COc2ccc(O)cc2)cs1. The Labute approximate surface area is 98.1 Å². The van der Waals surface area contributed by atoms with Crippen LogP contribution in [0.5, 0.6) is 11.5 Å². The first kappa shape index (κ1) is 11.0. The highest BCUT2D eigenvalue weighted by atomic mass is 32.1. The van der Waals surface area contributed by atoms with Gasteiger partial charge >= 0.3 is 0 Å². The topological polar surface area (TPSA) is 55.5 Å². The molecule has 0 aliphatic rings. The van der Waals surface area contributed by atoms with Gasteiger partial charge < -0.3 is 15.6 Å². The lowest BCUT2D eigenvalue weighted by Crippen LogP contribution is -1.94. The number of phenols is 1. The second-order valence-corrected chi connectivity index (χ2v) is 4.40. The molecule has 4 heteroatoms. The molecule has 1 heterocycles. The Bertz CT molecular complexity index is 450. The number of nitrogens with two attached hydrogens (primary N) is 1. The van der Waals surface area contributed by atoms with Crippen molar-refractivity contribution in [2.24, 2.45) is 5.73 Å². The highest BCUT2D eigenvalue weighted by molar-refractivity contribution is 7.10. The summed E-state index contributed by atoms with van der Waals surface area (Å²) in [6.07, 6.45) is 0. The summed E-state index contributed by atoms with van der Waals surface area (Å²) in [5.74, 6) is 0.992. The highest BCUT2D eigenvalue weighted by Crippen LogP contribution is 2.19. The van der Waals surface area contributed by atoms with E-state index in [1.807, 2.05) is 11.4 Å². The van der Waals surface area contributed by atoms with Crippen LogP contribution < -0.4 is 10.5 Å². The van der Waals surface area contributed by atoms with Crippen LogP contribution in [0.4, 0.5) is 0 Å². The summed E-state index contributed by atoms with van der Waals surface area (Å²) >= 11 is 1.64.